The minimum absolute atomic E-state index is 0.168. The lowest BCUT2D eigenvalue weighted by Crippen LogP contribution is -2.34. The van der Waals surface area contributed by atoms with Crippen LogP contribution >= 0.6 is 11.3 Å². The van der Waals surface area contributed by atoms with Crippen LogP contribution in [0.5, 0.6) is 5.75 Å². The number of hydrogen-bond donors (Lipinski definition) is 2. The van der Waals surface area contributed by atoms with E-state index in [1.165, 1.54) is 6.07 Å². The van der Waals surface area contributed by atoms with Crippen LogP contribution in [-0.2, 0) is 5.54 Å². The number of nitrogens with one attached hydrogen (secondary N) is 1. The number of hydrogen-bond acceptors (Lipinski definition) is 4. The third-order valence-electron chi connectivity index (χ3n) is 3.89. The van der Waals surface area contributed by atoms with Gasteiger partial charge < -0.3 is 15.2 Å². The van der Waals surface area contributed by atoms with E-state index in [1.54, 1.807) is 5.38 Å². The molecule has 1 aliphatic rings. The van der Waals surface area contributed by atoms with Crippen LogP contribution in [-0.4, -0.2) is 23.6 Å². The van der Waals surface area contributed by atoms with Crippen LogP contribution < -0.4 is 10.1 Å². The van der Waals surface area contributed by atoms with E-state index >= 15 is 0 Å². The van der Waals surface area contributed by atoms with Crippen molar-refractivity contribution in [3.8, 4) is 5.75 Å². The molecule has 2 aromatic rings. The SMILES string of the molecule is CCOc1ccc(C2(NC(=O)c3csc(C(=O)O)c3)CC2)cc1. The molecule has 1 fully saturated rings. The van der Waals surface area contributed by atoms with Crippen LogP contribution in [0.3, 0.4) is 0 Å². The van der Waals surface area contributed by atoms with Crippen LogP contribution in [0.25, 0.3) is 0 Å². The minimum atomic E-state index is -1.01. The molecule has 1 aliphatic carbocycles. The molecule has 0 atom stereocenters. The van der Waals surface area contributed by atoms with Crippen molar-refractivity contribution in [2.24, 2.45) is 0 Å². The van der Waals surface area contributed by atoms with E-state index in [0.717, 1.165) is 35.5 Å². The zero-order valence-corrected chi connectivity index (χ0v) is 13.5. The Kier molecular flexibility index (Phi) is 4.09. The number of aromatic carboxylic acids is 1. The molecule has 1 heterocycles. The van der Waals surface area contributed by atoms with Gasteiger partial charge in [-0.05, 0) is 43.5 Å². The van der Waals surface area contributed by atoms with E-state index in [0.29, 0.717) is 12.2 Å². The number of rotatable bonds is 6. The van der Waals surface area contributed by atoms with Crippen LogP contribution in [0.1, 0.15) is 45.4 Å². The molecule has 120 valence electrons. The first-order chi connectivity index (χ1) is 11.0. The molecule has 0 saturated heterocycles. The van der Waals surface area contributed by atoms with Crippen molar-refractivity contribution in [2.75, 3.05) is 6.61 Å². The lowest BCUT2D eigenvalue weighted by atomic mass is 10.0. The maximum atomic E-state index is 12.4. The normalized spacial score (nSPS) is 15.0. The fraction of sp³-hybridized carbons (Fsp3) is 0.294. The Labute approximate surface area is 137 Å². The molecule has 5 nitrogen and oxygen atoms in total. The van der Waals surface area contributed by atoms with Gasteiger partial charge in [0.25, 0.3) is 5.91 Å². The summed E-state index contributed by atoms with van der Waals surface area (Å²) in [5.41, 5.74) is 1.10. The molecule has 0 spiro atoms. The number of carboxylic acid groups (broad SMARTS) is 1. The quantitative estimate of drug-likeness (QED) is 0.852. The van der Waals surface area contributed by atoms with Crippen molar-refractivity contribution in [1.82, 2.24) is 5.32 Å². The number of carbonyl (C=O) groups excluding carboxylic acids is 1. The Bertz CT molecular complexity index is 731. The van der Waals surface area contributed by atoms with Crippen molar-refractivity contribution in [3.05, 3.63) is 51.7 Å². The lowest BCUT2D eigenvalue weighted by Gasteiger charge is -2.18. The second-order valence-electron chi connectivity index (χ2n) is 5.50. The molecule has 0 aliphatic heterocycles. The number of carbonyl (C=O) groups is 2. The summed E-state index contributed by atoms with van der Waals surface area (Å²) in [4.78, 5) is 23.4. The Hall–Kier alpha value is -2.34. The zero-order chi connectivity index (χ0) is 16.4. The van der Waals surface area contributed by atoms with E-state index in [2.05, 4.69) is 5.32 Å². The van der Waals surface area contributed by atoms with Crippen molar-refractivity contribution in [2.45, 2.75) is 25.3 Å². The summed E-state index contributed by atoms with van der Waals surface area (Å²) in [5, 5.41) is 13.6. The van der Waals surface area contributed by atoms with Crippen LogP contribution in [0, 0.1) is 0 Å². The third-order valence-corrected chi connectivity index (χ3v) is 4.81. The Morgan fingerprint density at radius 3 is 2.52 bits per heavy atom. The summed E-state index contributed by atoms with van der Waals surface area (Å²) in [6.07, 6.45) is 1.76. The number of benzene rings is 1. The highest BCUT2D eigenvalue weighted by atomic mass is 32.1. The molecule has 1 amide bonds. The molecule has 1 saturated carbocycles. The Morgan fingerprint density at radius 2 is 2.00 bits per heavy atom. The van der Waals surface area contributed by atoms with Crippen LogP contribution in [0.15, 0.2) is 35.7 Å². The summed E-state index contributed by atoms with van der Waals surface area (Å²) in [6.45, 7) is 2.55. The van der Waals surface area contributed by atoms with Gasteiger partial charge >= 0.3 is 5.97 Å². The molecular formula is C17H17NO4S. The maximum Gasteiger partial charge on any atom is 0.345 e. The topological polar surface area (TPSA) is 75.6 Å². The predicted octanol–water partition coefficient (Wildman–Crippen LogP) is 3.26. The standard InChI is InChI=1S/C17H17NO4S/c1-2-22-13-5-3-12(4-6-13)17(7-8-17)18-15(19)11-9-14(16(20)21)23-10-11/h3-6,9-10H,2,7-8H2,1H3,(H,18,19)(H,20,21). The van der Waals surface area contributed by atoms with E-state index in [9.17, 15) is 9.59 Å². The largest absolute Gasteiger partial charge is 0.494 e. The summed E-state index contributed by atoms with van der Waals surface area (Å²) < 4.78 is 5.43. The highest BCUT2D eigenvalue weighted by Gasteiger charge is 2.45. The van der Waals surface area contributed by atoms with Gasteiger partial charge in [0.2, 0.25) is 0 Å². The number of amides is 1. The molecule has 0 radical (unpaired) electrons. The average Bonchev–Trinajstić information content (AvgIpc) is 3.13. The van der Waals surface area contributed by atoms with Crippen LogP contribution in [0.2, 0.25) is 0 Å². The van der Waals surface area contributed by atoms with Gasteiger partial charge in [0, 0.05) is 5.38 Å². The third kappa shape index (κ3) is 3.22. The highest BCUT2D eigenvalue weighted by molar-refractivity contribution is 7.12. The van der Waals surface area contributed by atoms with Crippen molar-refractivity contribution in [3.63, 3.8) is 0 Å². The second-order valence-corrected chi connectivity index (χ2v) is 6.41. The minimum Gasteiger partial charge on any atom is -0.494 e. The van der Waals surface area contributed by atoms with Gasteiger partial charge in [-0.3, -0.25) is 4.79 Å². The first kappa shape index (κ1) is 15.6. The van der Waals surface area contributed by atoms with Gasteiger partial charge in [-0.25, -0.2) is 4.79 Å². The second kappa shape index (κ2) is 6.04. The molecular weight excluding hydrogens is 314 g/mol. The van der Waals surface area contributed by atoms with Crippen molar-refractivity contribution >= 4 is 23.2 Å². The monoisotopic (exact) mass is 331 g/mol. The van der Waals surface area contributed by atoms with Crippen molar-refractivity contribution in [1.29, 1.82) is 0 Å². The highest BCUT2D eigenvalue weighted by Crippen LogP contribution is 2.46. The van der Waals surface area contributed by atoms with Gasteiger partial charge in [0.1, 0.15) is 10.6 Å². The smallest absolute Gasteiger partial charge is 0.345 e. The summed E-state index contributed by atoms with van der Waals surface area (Å²) in [7, 11) is 0. The van der Waals surface area contributed by atoms with Gasteiger partial charge in [-0.1, -0.05) is 12.1 Å². The summed E-state index contributed by atoms with van der Waals surface area (Å²) in [6, 6.07) is 9.15. The molecule has 1 aromatic heterocycles. The maximum absolute atomic E-state index is 12.4. The Morgan fingerprint density at radius 1 is 1.30 bits per heavy atom. The first-order valence-corrected chi connectivity index (χ1v) is 8.30. The number of thiophene rings is 1. The molecule has 0 unspecified atom stereocenters. The molecule has 1 aromatic carbocycles. The molecule has 6 heteroatoms. The fourth-order valence-corrected chi connectivity index (χ4v) is 3.23. The van der Waals surface area contributed by atoms with E-state index in [4.69, 9.17) is 9.84 Å². The van der Waals surface area contributed by atoms with Gasteiger partial charge in [-0.15, -0.1) is 11.3 Å². The molecule has 2 N–H and O–H groups in total. The first-order valence-electron chi connectivity index (χ1n) is 7.42. The number of ether oxygens (including phenoxy) is 1. The predicted molar refractivity (Wildman–Crippen MR) is 87.3 cm³/mol. The summed E-state index contributed by atoms with van der Waals surface area (Å²) >= 11 is 1.06. The zero-order valence-electron chi connectivity index (χ0n) is 12.7. The fourth-order valence-electron chi connectivity index (χ4n) is 2.50. The van der Waals surface area contributed by atoms with Gasteiger partial charge in [0.05, 0.1) is 17.7 Å². The van der Waals surface area contributed by atoms with E-state index in [1.807, 2.05) is 31.2 Å². The van der Waals surface area contributed by atoms with Gasteiger partial charge in [0.15, 0.2) is 0 Å². The molecule has 3 rings (SSSR count). The summed E-state index contributed by atoms with van der Waals surface area (Å²) in [5.74, 6) is -0.441. The van der Waals surface area contributed by atoms with E-state index in [-0.39, 0.29) is 16.3 Å². The van der Waals surface area contributed by atoms with E-state index < -0.39 is 5.97 Å². The van der Waals surface area contributed by atoms with Gasteiger partial charge in [-0.2, -0.15) is 0 Å². The van der Waals surface area contributed by atoms with Crippen molar-refractivity contribution < 1.29 is 19.4 Å². The van der Waals surface area contributed by atoms with Crippen LogP contribution in [0.4, 0.5) is 0 Å². The lowest BCUT2D eigenvalue weighted by molar-refractivity contribution is 0.0702. The average molecular weight is 331 g/mol. The molecule has 0 bridgehead atoms. The number of carboxylic acids is 1. The Balaban J connectivity index is 1.73. The molecule has 23 heavy (non-hydrogen) atoms.